The molecule has 0 spiro atoms. The van der Waals surface area contributed by atoms with Crippen LogP contribution in [0.2, 0.25) is 5.02 Å². The van der Waals surface area contributed by atoms with Crippen LogP contribution in [-0.4, -0.2) is 53.9 Å². The fourth-order valence-electron chi connectivity index (χ4n) is 4.17. The van der Waals surface area contributed by atoms with Crippen molar-refractivity contribution in [3.8, 4) is 22.6 Å². The molecular weight excluding hydrogens is 549 g/mol. The molecule has 0 aromatic heterocycles. The Kier molecular flexibility index (Phi) is 12.2. The molecule has 206 valence electrons. The number of carboxylic acid groups (broad SMARTS) is 1. The molecule has 0 aliphatic rings. The molecule has 0 aliphatic carbocycles. The quantitative estimate of drug-likeness (QED) is 0.142. The van der Waals surface area contributed by atoms with Crippen LogP contribution in [0.15, 0.2) is 91.0 Å². The molecule has 0 saturated carbocycles. The van der Waals surface area contributed by atoms with Crippen molar-refractivity contribution >= 4 is 66.3 Å². The van der Waals surface area contributed by atoms with Crippen molar-refractivity contribution in [2.24, 2.45) is 0 Å². The van der Waals surface area contributed by atoms with E-state index in [-0.39, 0.29) is 18.9 Å². The van der Waals surface area contributed by atoms with Crippen molar-refractivity contribution in [1.82, 2.24) is 5.32 Å². The Bertz CT molecular complexity index is 1510. The SMILES string of the molecule is CSCC[C@H](NC(=O)c1ccc(C=Cc2ccc(Oc3ccc(Cl)cc3)cc2)cc1-c1ccccc1C)C(=O)O.[LiH]. The molecule has 0 heterocycles. The van der Waals surface area contributed by atoms with Gasteiger partial charge in [-0.1, -0.05) is 66.2 Å². The molecule has 2 N–H and O–H groups in total. The molecule has 1 amide bonds. The van der Waals surface area contributed by atoms with E-state index < -0.39 is 17.9 Å². The van der Waals surface area contributed by atoms with Crippen LogP contribution in [0.3, 0.4) is 0 Å². The maximum atomic E-state index is 13.3. The van der Waals surface area contributed by atoms with Gasteiger partial charge < -0.3 is 15.2 Å². The van der Waals surface area contributed by atoms with Crippen LogP contribution in [0.25, 0.3) is 23.3 Å². The second-order valence-corrected chi connectivity index (χ2v) is 10.6. The van der Waals surface area contributed by atoms with Crippen molar-refractivity contribution in [2.75, 3.05) is 12.0 Å². The van der Waals surface area contributed by atoms with Gasteiger partial charge in [0.1, 0.15) is 17.5 Å². The van der Waals surface area contributed by atoms with Gasteiger partial charge in [0, 0.05) is 10.6 Å². The zero-order chi connectivity index (χ0) is 28.5. The number of thioether (sulfide) groups is 1. The number of hydrogen-bond donors (Lipinski definition) is 2. The predicted octanol–water partition coefficient (Wildman–Crippen LogP) is 7.57. The number of aryl methyl sites for hydroxylation is 1. The van der Waals surface area contributed by atoms with Crippen LogP contribution in [0.4, 0.5) is 0 Å². The molecule has 0 radical (unpaired) electrons. The van der Waals surface area contributed by atoms with Gasteiger partial charge in [0.25, 0.3) is 5.91 Å². The molecule has 5 nitrogen and oxygen atoms in total. The fraction of sp³-hybridized carbons (Fsp3) is 0.152. The summed E-state index contributed by atoms with van der Waals surface area (Å²) in [7, 11) is 0. The first-order valence-corrected chi connectivity index (χ1v) is 14.6. The molecule has 0 fully saturated rings. The van der Waals surface area contributed by atoms with Gasteiger partial charge in [-0.25, -0.2) is 4.79 Å². The number of halogens is 1. The number of nitrogens with one attached hydrogen (secondary N) is 1. The van der Waals surface area contributed by atoms with Gasteiger partial charge in [-0.15, -0.1) is 0 Å². The number of benzene rings is 4. The van der Waals surface area contributed by atoms with Crippen molar-refractivity contribution < 1.29 is 19.4 Å². The van der Waals surface area contributed by atoms with Gasteiger partial charge in [-0.3, -0.25) is 4.79 Å². The molecule has 0 saturated heterocycles. The first-order valence-electron chi connectivity index (χ1n) is 12.8. The van der Waals surface area contributed by atoms with Gasteiger partial charge >= 0.3 is 24.8 Å². The summed E-state index contributed by atoms with van der Waals surface area (Å²) in [4.78, 5) is 25.0. The van der Waals surface area contributed by atoms with Gasteiger partial charge in [-0.2, -0.15) is 11.8 Å². The standard InChI is InChI=1S/C33H30ClNO4S.Li.H/c1-22-5-3-4-6-28(22)30-21-24(11-18-29(30)32(36)35-31(33(37)38)19-20-40-2)8-7-23-9-14-26(15-10-23)39-27-16-12-25(34)13-17-27;;/h3-18,21,31H,19-20H2,1-2H3,(H,35,36)(H,37,38);;/t31-;;/m0../s1. The zero-order valence-corrected chi connectivity index (χ0v) is 23.8. The van der Waals surface area contributed by atoms with Crippen molar-refractivity contribution in [2.45, 2.75) is 19.4 Å². The van der Waals surface area contributed by atoms with Crippen LogP contribution in [0.5, 0.6) is 11.5 Å². The number of amides is 1. The summed E-state index contributed by atoms with van der Waals surface area (Å²) >= 11 is 7.49. The van der Waals surface area contributed by atoms with E-state index in [1.807, 2.05) is 98.1 Å². The van der Waals surface area contributed by atoms with Gasteiger partial charge in [-0.05, 0) is 102 Å². The number of ether oxygens (including phenoxy) is 1. The molecule has 4 aromatic carbocycles. The number of carbonyl (C=O) groups is 2. The number of rotatable bonds is 11. The van der Waals surface area contributed by atoms with E-state index in [0.717, 1.165) is 27.8 Å². The van der Waals surface area contributed by atoms with Crippen molar-refractivity contribution in [3.63, 3.8) is 0 Å². The summed E-state index contributed by atoms with van der Waals surface area (Å²) in [5.74, 6) is 0.621. The molecule has 4 rings (SSSR count). The van der Waals surface area contributed by atoms with Crippen LogP contribution >= 0.6 is 23.4 Å². The average molecular weight is 580 g/mol. The van der Waals surface area contributed by atoms with E-state index in [1.165, 1.54) is 0 Å². The first-order chi connectivity index (χ1) is 19.3. The molecular formula is C33H31ClLiNO4S. The van der Waals surface area contributed by atoms with E-state index in [1.54, 1.807) is 30.0 Å². The third kappa shape index (κ3) is 9.04. The van der Waals surface area contributed by atoms with Gasteiger partial charge in [0.15, 0.2) is 0 Å². The number of carbonyl (C=O) groups excluding carboxylic acids is 1. The monoisotopic (exact) mass is 579 g/mol. The van der Waals surface area contributed by atoms with E-state index in [9.17, 15) is 14.7 Å². The minimum atomic E-state index is -1.04. The molecule has 0 aliphatic heterocycles. The summed E-state index contributed by atoms with van der Waals surface area (Å²) < 4.78 is 5.87. The zero-order valence-electron chi connectivity index (χ0n) is 22.3. The third-order valence-electron chi connectivity index (χ3n) is 6.34. The summed E-state index contributed by atoms with van der Waals surface area (Å²) in [5.41, 5.74) is 5.02. The fourth-order valence-corrected chi connectivity index (χ4v) is 4.77. The summed E-state index contributed by atoms with van der Waals surface area (Å²) in [6.45, 7) is 1.99. The summed E-state index contributed by atoms with van der Waals surface area (Å²) in [6, 6.07) is 27.4. The molecule has 4 aromatic rings. The van der Waals surface area contributed by atoms with Crippen molar-refractivity contribution in [3.05, 3.63) is 118 Å². The average Bonchev–Trinajstić information content (AvgIpc) is 2.96. The predicted molar refractivity (Wildman–Crippen MR) is 173 cm³/mol. The molecule has 1 atom stereocenters. The van der Waals surface area contributed by atoms with E-state index >= 15 is 0 Å². The van der Waals surface area contributed by atoms with Crippen molar-refractivity contribution in [1.29, 1.82) is 0 Å². The van der Waals surface area contributed by atoms with E-state index in [0.29, 0.717) is 34.3 Å². The van der Waals surface area contributed by atoms with Gasteiger partial charge in [0.05, 0.1) is 0 Å². The van der Waals surface area contributed by atoms with Crippen LogP contribution in [-0.2, 0) is 4.79 Å². The molecule has 0 unspecified atom stereocenters. The Balaban J connectivity index is 0.00000462. The van der Waals surface area contributed by atoms with Gasteiger partial charge in [0.2, 0.25) is 0 Å². The Morgan fingerprint density at radius 1 is 0.902 bits per heavy atom. The van der Waals surface area contributed by atoms with E-state index in [2.05, 4.69) is 5.32 Å². The number of carboxylic acids is 1. The Morgan fingerprint density at radius 3 is 2.15 bits per heavy atom. The third-order valence-corrected chi connectivity index (χ3v) is 7.23. The molecule has 0 bridgehead atoms. The summed E-state index contributed by atoms with van der Waals surface area (Å²) in [6.07, 6.45) is 6.24. The van der Waals surface area contributed by atoms with E-state index in [4.69, 9.17) is 16.3 Å². The van der Waals surface area contributed by atoms with Crippen LogP contribution < -0.4 is 10.1 Å². The Labute approximate surface area is 262 Å². The first kappa shape index (κ1) is 32.1. The maximum absolute atomic E-state index is 13.3. The second kappa shape index (κ2) is 15.6. The molecule has 41 heavy (non-hydrogen) atoms. The minimum absolute atomic E-state index is 0. The van der Waals surface area contributed by atoms with Crippen LogP contribution in [0, 0.1) is 6.92 Å². The number of aliphatic carboxylic acids is 1. The topological polar surface area (TPSA) is 75.6 Å². The number of hydrogen-bond acceptors (Lipinski definition) is 4. The van der Waals surface area contributed by atoms with Crippen LogP contribution in [0.1, 0.15) is 33.5 Å². The Hall–Kier alpha value is -3.40. The summed E-state index contributed by atoms with van der Waals surface area (Å²) in [5, 5.41) is 13.0. The normalized spacial score (nSPS) is 11.5. The second-order valence-electron chi connectivity index (χ2n) is 9.22. The Morgan fingerprint density at radius 2 is 1.51 bits per heavy atom. The molecule has 8 heteroatoms.